The van der Waals surface area contributed by atoms with Crippen LogP contribution in [-0.4, -0.2) is 23.2 Å². The van der Waals surface area contributed by atoms with Crippen molar-refractivity contribution in [1.29, 1.82) is 0 Å². The second kappa shape index (κ2) is 6.40. The van der Waals surface area contributed by atoms with E-state index in [1.54, 1.807) is 24.4 Å². The Hall–Kier alpha value is -1.55. The first-order valence-corrected chi connectivity index (χ1v) is 6.00. The van der Waals surface area contributed by atoms with Gasteiger partial charge in [0.1, 0.15) is 10.8 Å². The van der Waals surface area contributed by atoms with Crippen LogP contribution in [0.25, 0.3) is 6.08 Å². The highest BCUT2D eigenvalue weighted by molar-refractivity contribution is 6.30. The second-order valence-corrected chi connectivity index (χ2v) is 5.03. The normalized spacial score (nSPS) is 11.6. The molecule has 0 spiro atoms. The van der Waals surface area contributed by atoms with Crippen molar-refractivity contribution in [2.45, 2.75) is 26.4 Å². The van der Waals surface area contributed by atoms with Gasteiger partial charge in [-0.1, -0.05) is 29.8 Å². The molecule has 18 heavy (non-hydrogen) atoms. The fourth-order valence-electron chi connectivity index (χ4n) is 1.17. The number of aromatic nitrogens is 1. The van der Waals surface area contributed by atoms with Gasteiger partial charge in [-0.2, -0.15) is 0 Å². The zero-order valence-corrected chi connectivity index (χ0v) is 11.5. The van der Waals surface area contributed by atoms with E-state index in [1.165, 1.54) is 0 Å². The first kappa shape index (κ1) is 14.5. The van der Waals surface area contributed by atoms with Crippen LogP contribution in [0.1, 0.15) is 26.3 Å². The number of rotatable bonds is 3. The van der Waals surface area contributed by atoms with Gasteiger partial charge in [0.25, 0.3) is 0 Å². The van der Waals surface area contributed by atoms with Gasteiger partial charge in [-0.25, -0.2) is 9.78 Å². The molecule has 0 unspecified atom stereocenters. The zero-order chi connectivity index (χ0) is 13.6. The minimum absolute atomic E-state index is 0.375. The molecule has 0 saturated heterocycles. The molecule has 1 aromatic heterocycles. The van der Waals surface area contributed by atoms with Crippen molar-refractivity contribution >= 4 is 23.8 Å². The van der Waals surface area contributed by atoms with Crippen LogP contribution < -0.4 is 5.32 Å². The van der Waals surface area contributed by atoms with Crippen LogP contribution in [0, 0.1) is 0 Å². The number of nitrogens with zero attached hydrogens (tertiary/aromatic N) is 1. The quantitative estimate of drug-likeness (QED) is 0.856. The van der Waals surface area contributed by atoms with E-state index in [0.717, 1.165) is 5.56 Å². The number of hydrogen-bond acceptors (Lipinski definition) is 3. The summed E-state index contributed by atoms with van der Waals surface area (Å²) in [6.45, 7) is 5.83. The number of alkyl carbamates (subject to hydrolysis) is 1. The molecule has 1 amide bonds. The molecule has 1 rings (SSSR count). The molecule has 1 aromatic rings. The molecule has 1 N–H and O–H groups in total. The van der Waals surface area contributed by atoms with Crippen molar-refractivity contribution in [1.82, 2.24) is 10.3 Å². The van der Waals surface area contributed by atoms with Gasteiger partial charge in [0.2, 0.25) is 0 Å². The fourth-order valence-corrected chi connectivity index (χ4v) is 1.35. The van der Waals surface area contributed by atoms with Gasteiger partial charge < -0.3 is 10.1 Å². The van der Waals surface area contributed by atoms with Crippen molar-refractivity contribution in [2.75, 3.05) is 6.54 Å². The Bertz CT molecular complexity index is 439. The molecule has 0 aliphatic rings. The fraction of sp³-hybridized carbons (Fsp3) is 0.385. The van der Waals surface area contributed by atoms with Crippen LogP contribution in [0.5, 0.6) is 0 Å². The molecule has 0 saturated carbocycles. The van der Waals surface area contributed by atoms with Gasteiger partial charge in [-0.3, -0.25) is 0 Å². The van der Waals surface area contributed by atoms with E-state index in [-0.39, 0.29) is 0 Å². The lowest BCUT2D eigenvalue weighted by atomic mass is 10.2. The minimum atomic E-state index is -0.486. The lowest BCUT2D eigenvalue weighted by Gasteiger charge is -2.19. The third-order valence-electron chi connectivity index (χ3n) is 1.85. The van der Waals surface area contributed by atoms with Crippen LogP contribution >= 0.6 is 11.6 Å². The Morgan fingerprint density at radius 2 is 2.28 bits per heavy atom. The van der Waals surface area contributed by atoms with E-state index in [9.17, 15) is 4.79 Å². The molecular formula is C13H17ClN2O2. The third-order valence-corrected chi connectivity index (χ3v) is 2.16. The van der Waals surface area contributed by atoms with E-state index in [2.05, 4.69) is 10.3 Å². The average Bonchev–Trinajstić information content (AvgIpc) is 2.24. The number of nitrogens with one attached hydrogen (secondary N) is 1. The Morgan fingerprint density at radius 1 is 1.56 bits per heavy atom. The summed E-state index contributed by atoms with van der Waals surface area (Å²) in [6.07, 6.45) is 4.77. The van der Waals surface area contributed by atoms with Crippen molar-refractivity contribution in [3.05, 3.63) is 35.1 Å². The van der Waals surface area contributed by atoms with Crippen LogP contribution in [0.15, 0.2) is 24.4 Å². The number of hydrogen-bond donors (Lipinski definition) is 1. The molecule has 98 valence electrons. The first-order chi connectivity index (χ1) is 8.38. The molecule has 5 heteroatoms. The largest absolute Gasteiger partial charge is 0.444 e. The second-order valence-electron chi connectivity index (χ2n) is 4.67. The third kappa shape index (κ3) is 5.68. The summed E-state index contributed by atoms with van der Waals surface area (Å²) in [5.74, 6) is 0. The van der Waals surface area contributed by atoms with Crippen LogP contribution in [-0.2, 0) is 4.74 Å². The Balaban J connectivity index is 2.38. The highest BCUT2D eigenvalue weighted by atomic mass is 35.5. The standard InChI is InChI=1S/C13H17ClN2O2/c1-13(2,3)18-12(17)16-9-5-7-10-6-4-8-15-11(10)14/h4-8H,9H2,1-3H3,(H,16,17). The maximum absolute atomic E-state index is 11.3. The number of pyridine rings is 1. The van der Waals surface area contributed by atoms with Crippen molar-refractivity contribution in [3.63, 3.8) is 0 Å². The predicted molar refractivity (Wildman–Crippen MR) is 72.5 cm³/mol. The molecule has 4 nitrogen and oxygen atoms in total. The number of carbonyl (C=O) groups excluding carboxylic acids is 1. The maximum atomic E-state index is 11.3. The summed E-state index contributed by atoms with van der Waals surface area (Å²) in [5, 5.41) is 3.05. The summed E-state index contributed by atoms with van der Waals surface area (Å²) in [4.78, 5) is 15.3. The molecule has 0 aliphatic carbocycles. The Morgan fingerprint density at radius 3 is 2.89 bits per heavy atom. The molecule has 0 aliphatic heterocycles. The Kier molecular flexibility index (Phi) is 5.16. The van der Waals surface area contributed by atoms with Gasteiger partial charge in [0.15, 0.2) is 0 Å². The maximum Gasteiger partial charge on any atom is 0.407 e. The molecule has 0 radical (unpaired) electrons. The van der Waals surface area contributed by atoms with Crippen molar-refractivity contribution in [2.24, 2.45) is 0 Å². The number of halogens is 1. The molecular weight excluding hydrogens is 252 g/mol. The highest BCUT2D eigenvalue weighted by Crippen LogP contribution is 2.12. The van der Waals surface area contributed by atoms with Crippen molar-refractivity contribution in [3.8, 4) is 0 Å². The number of ether oxygens (including phenoxy) is 1. The summed E-state index contributed by atoms with van der Waals surface area (Å²) >= 11 is 5.88. The van der Waals surface area contributed by atoms with Crippen LogP contribution in [0.2, 0.25) is 5.15 Å². The summed E-state index contributed by atoms with van der Waals surface area (Å²) in [5.41, 5.74) is 0.325. The highest BCUT2D eigenvalue weighted by Gasteiger charge is 2.14. The van der Waals surface area contributed by atoms with Crippen molar-refractivity contribution < 1.29 is 9.53 Å². The van der Waals surface area contributed by atoms with E-state index in [1.807, 2.05) is 26.8 Å². The molecule has 0 bridgehead atoms. The van der Waals surface area contributed by atoms with E-state index >= 15 is 0 Å². The van der Waals surface area contributed by atoms with Gasteiger partial charge >= 0.3 is 6.09 Å². The average molecular weight is 269 g/mol. The minimum Gasteiger partial charge on any atom is -0.444 e. The van der Waals surface area contributed by atoms with E-state index in [0.29, 0.717) is 11.7 Å². The van der Waals surface area contributed by atoms with Crippen LogP contribution in [0.3, 0.4) is 0 Å². The van der Waals surface area contributed by atoms with Gasteiger partial charge in [-0.15, -0.1) is 0 Å². The van der Waals surface area contributed by atoms with E-state index < -0.39 is 11.7 Å². The lowest BCUT2D eigenvalue weighted by molar-refractivity contribution is 0.0534. The number of carbonyl (C=O) groups is 1. The van der Waals surface area contributed by atoms with Crippen LogP contribution in [0.4, 0.5) is 4.79 Å². The number of amides is 1. The zero-order valence-electron chi connectivity index (χ0n) is 10.7. The molecule has 0 fully saturated rings. The van der Waals surface area contributed by atoms with Gasteiger partial charge in [0, 0.05) is 18.3 Å². The van der Waals surface area contributed by atoms with Gasteiger partial charge in [-0.05, 0) is 26.8 Å². The topological polar surface area (TPSA) is 51.2 Å². The molecule has 0 aromatic carbocycles. The van der Waals surface area contributed by atoms with E-state index in [4.69, 9.17) is 16.3 Å². The van der Waals surface area contributed by atoms with Gasteiger partial charge in [0.05, 0.1) is 0 Å². The molecule has 0 atom stereocenters. The summed E-state index contributed by atoms with van der Waals surface area (Å²) in [6, 6.07) is 3.64. The predicted octanol–water partition coefficient (Wildman–Crippen LogP) is 3.27. The monoisotopic (exact) mass is 268 g/mol. The SMILES string of the molecule is CC(C)(C)OC(=O)NCC=Cc1cccnc1Cl. The summed E-state index contributed by atoms with van der Waals surface area (Å²) in [7, 11) is 0. The first-order valence-electron chi connectivity index (χ1n) is 5.62. The molecule has 1 heterocycles. The lowest BCUT2D eigenvalue weighted by Crippen LogP contribution is -2.32. The Labute approximate surface area is 112 Å². The smallest absolute Gasteiger partial charge is 0.407 e. The summed E-state index contributed by atoms with van der Waals surface area (Å²) < 4.78 is 5.09.